The Hall–Kier alpha value is -2.69. The van der Waals surface area contributed by atoms with Gasteiger partial charge in [-0.3, -0.25) is 0 Å². The Kier molecular flexibility index (Phi) is 4.22. The molecule has 0 saturated carbocycles. The van der Waals surface area contributed by atoms with Crippen LogP contribution in [0.25, 0.3) is 5.69 Å². The van der Waals surface area contributed by atoms with Gasteiger partial charge in [0.05, 0.1) is 5.69 Å². The molecule has 0 atom stereocenters. The summed E-state index contributed by atoms with van der Waals surface area (Å²) in [5, 5.41) is 8.11. The van der Waals surface area contributed by atoms with Gasteiger partial charge in [0.2, 0.25) is 0 Å². The van der Waals surface area contributed by atoms with E-state index in [1.54, 1.807) is 28.9 Å². The van der Waals surface area contributed by atoms with Crippen LogP contribution in [0.5, 0.6) is 0 Å². The van der Waals surface area contributed by atoms with Crippen molar-refractivity contribution in [1.82, 2.24) is 9.78 Å². The summed E-state index contributed by atoms with van der Waals surface area (Å²) in [6.45, 7) is 0.850. The number of aromatic nitrogens is 2. The van der Waals surface area contributed by atoms with Crippen LogP contribution < -0.4 is 5.32 Å². The number of nitrogens with one attached hydrogen (secondary N) is 1. The van der Waals surface area contributed by atoms with Gasteiger partial charge in [0, 0.05) is 18.5 Å². The first-order valence-corrected chi connectivity index (χ1v) is 8.56. The lowest BCUT2D eigenvalue weighted by Crippen LogP contribution is -2.08. The fraction of sp³-hybridized carbons (Fsp3) is 0.250. The summed E-state index contributed by atoms with van der Waals surface area (Å²) in [5.74, 6) is 0.327. The van der Waals surface area contributed by atoms with Crippen molar-refractivity contribution < 1.29 is 8.78 Å². The molecule has 3 nitrogen and oxygen atoms in total. The molecule has 1 N–H and O–H groups in total. The maximum absolute atomic E-state index is 14.3. The summed E-state index contributed by atoms with van der Waals surface area (Å²) in [5.41, 5.74) is 3.48. The van der Waals surface area contributed by atoms with Gasteiger partial charge in [-0.25, -0.2) is 13.5 Å². The van der Waals surface area contributed by atoms with Crippen molar-refractivity contribution in [2.24, 2.45) is 0 Å². The Morgan fingerprint density at radius 1 is 1.00 bits per heavy atom. The molecule has 1 aromatic heterocycles. The van der Waals surface area contributed by atoms with E-state index in [2.05, 4.69) is 5.32 Å². The first-order chi connectivity index (χ1) is 12.2. The predicted octanol–water partition coefficient (Wildman–Crippen LogP) is 4.49. The Morgan fingerprint density at radius 2 is 1.80 bits per heavy atom. The van der Waals surface area contributed by atoms with Gasteiger partial charge in [0.15, 0.2) is 0 Å². The topological polar surface area (TPSA) is 29.9 Å². The molecule has 2 heterocycles. The highest BCUT2D eigenvalue weighted by Crippen LogP contribution is 2.30. The lowest BCUT2D eigenvalue weighted by Gasteiger charge is -2.09. The lowest BCUT2D eigenvalue weighted by atomic mass is 10.0. The van der Waals surface area contributed by atoms with Crippen LogP contribution in [0.15, 0.2) is 48.5 Å². The number of nitrogens with zero attached hydrogens (tertiary/aromatic N) is 2. The number of hydrogen-bond acceptors (Lipinski definition) is 2. The van der Waals surface area contributed by atoms with Crippen LogP contribution >= 0.6 is 0 Å². The summed E-state index contributed by atoms with van der Waals surface area (Å²) >= 11 is 0. The monoisotopic (exact) mass is 339 g/mol. The molecule has 4 rings (SSSR count). The SMILES string of the molecule is Fc1ccc(Cc2nn(-c3ccccc3F)c3c2CCCCN3)cc1. The van der Waals surface area contributed by atoms with Gasteiger partial charge in [-0.15, -0.1) is 0 Å². The second-order valence-corrected chi connectivity index (χ2v) is 6.32. The van der Waals surface area contributed by atoms with Crippen LogP contribution in [-0.2, 0) is 12.8 Å². The molecule has 0 bridgehead atoms. The Bertz CT molecular complexity index is 884. The molecule has 5 heteroatoms. The van der Waals surface area contributed by atoms with E-state index < -0.39 is 0 Å². The summed E-state index contributed by atoms with van der Waals surface area (Å²) in [7, 11) is 0. The Balaban J connectivity index is 1.79. The third-order valence-corrected chi connectivity index (χ3v) is 4.58. The van der Waals surface area contributed by atoms with Crippen molar-refractivity contribution in [3.8, 4) is 5.69 Å². The minimum atomic E-state index is -0.299. The smallest absolute Gasteiger partial charge is 0.148 e. The van der Waals surface area contributed by atoms with Crippen LogP contribution in [0.4, 0.5) is 14.6 Å². The number of fused-ring (bicyclic) bond motifs is 1. The quantitative estimate of drug-likeness (QED) is 0.762. The van der Waals surface area contributed by atoms with E-state index >= 15 is 0 Å². The molecule has 0 spiro atoms. The first-order valence-electron chi connectivity index (χ1n) is 8.56. The highest BCUT2D eigenvalue weighted by molar-refractivity contribution is 5.55. The van der Waals surface area contributed by atoms with Crippen molar-refractivity contribution in [2.45, 2.75) is 25.7 Å². The van der Waals surface area contributed by atoms with Gasteiger partial charge < -0.3 is 5.32 Å². The normalized spacial score (nSPS) is 13.8. The van der Waals surface area contributed by atoms with Gasteiger partial charge in [-0.05, 0) is 49.1 Å². The van der Waals surface area contributed by atoms with Crippen molar-refractivity contribution in [1.29, 1.82) is 0 Å². The fourth-order valence-electron chi connectivity index (χ4n) is 3.31. The van der Waals surface area contributed by atoms with E-state index in [1.165, 1.54) is 18.2 Å². The van der Waals surface area contributed by atoms with Gasteiger partial charge in [0.1, 0.15) is 23.1 Å². The zero-order valence-electron chi connectivity index (χ0n) is 13.8. The molecule has 0 unspecified atom stereocenters. The highest BCUT2D eigenvalue weighted by atomic mass is 19.1. The van der Waals surface area contributed by atoms with Crippen molar-refractivity contribution in [2.75, 3.05) is 11.9 Å². The van der Waals surface area contributed by atoms with Crippen LogP contribution in [0.3, 0.4) is 0 Å². The minimum absolute atomic E-state index is 0.249. The van der Waals surface area contributed by atoms with E-state index in [0.717, 1.165) is 48.4 Å². The average molecular weight is 339 g/mol. The molecular weight excluding hydrogens is 320 g/mol. The molecule has 1 aliphatic heterocycles. The van der Waals surface area contributed by atoms with Gasteiger partial charge in [-0.2, -0.15) is 5.10 Å². The number of rotatable bonds is 3. The lowest BCUT2D eigenvalue weighted by molar-refractivity contribution is 0.610. The standard InChI is InChI=1S/C20H19F2N3/c21-15-10-8-14(9-11-15)13-18-16-5-3-4-12-23-20(16)25(24-18)19-7-2-1-6-17(19)22/h1-2,6-11,23H,3-5,12-13H2. The van der Waals surface area contributed by atoms with Gasteiger partial charge in [0.25, 0.3) is 0 Å². The molecule has 0 radical (unpaired) electrons. The Morgan fingerprint density at radius 3 is 2.60 bits per heavy atom. The van der Waals surface area contributed by atoms with E-state index in [1.807, 2.05) is 6.07 Å². The van der Waals surface area contributed by atoms with Crippen molar-refractivity contribution in [3.63, 3.8) is 0 Å². The number of anilines is 1. The van der Waals surface area contributed by atoms with E-state index in [0.29, 0.717) is 12.1 Å². The summed E-state index contributed by atoms with van der Waals surface area (Å²) in [6.07, 6.45) is 3.65. The highest BCUT2D eigenvalue weighted by Gasteiger charge is 2.22. The largest absolute Gasteiger partial charge is 0.370 e. The second kappa shape index (κ2) is 6.67. The minimum Gasteiger partial charge on any atom is -0.370 e. The number of halogens is 2. The zero-order chi connectivity index (χ0) is 17.2. The summed E-state index contributed by atoms with van der Waals surface area (Å²) in [6, 6.07) is 13.1. The van der Waals surface area contributed by atoms with E-state index in [-0.39, 0.29) is 11.6 Å². The number of benzene rings is 2. The Labute approximate surface area is 145 Å². The molecule has 0 saturated heterocycles. The molecule has 1 aliphatic rings. The molecule has 2 aromatic carbocycles. The molecular formula is C20H19F2N3. The molecule has 128 valence electrons. The maximum atomic E-state index is 14.3. The van der Waals surface area contributed by atoms with Crippen LogP contribution in [0.2, 0.25) is 0 Å². The van der Waals surface area contributed by atoms with Crippen LogP contribution in [0.1, 0.15) is 29.7 Å². The fourth-order valence-corrected chi connectivity index (χ4v) is 3.31. The van der Waals surface area contributed by atoms with E-state index in [9.17, 15) is 8.78 Å². The molecule has 25 heavy (non-hydrogen) atoms. The molecule has 3 aromatic rings. The first kappa shape index (κ1) is 15.8. The van der Waals surface area contributed by atoms with Gasteiger partial charge in [-0.1, -0.05) is 24.3 Å². The van der Waals surface area contributed by atoms with Crippen molar-refractivity contribution in [3.05, 3.63) is 77.0 Å². The maximum Gasteiger partial charge on any atom is 0.148 e. The number of para-hydroxylation sites is 1. The third kappa shape index (κ3) is 3.14. The average Bonchev–Trinajstić information content (AvgIpc) is 2.80. The summed E-state index contributed by atoms with van der Waals surface area (Å²) in [4.78, 5) is 0. The molecule has 0 fully saturated rings. The van der Waals surface area contributed by atoms with Crippen molar-refractivity contribution >= 4 is 5.82 Å². The molecule has 0 amide bonds. The van der Waals surface area contributed by atoms with Gasteiger partial charge >= 0.3 is 0 Å². The zero-order valence-corrected chi connectivity index (χ0v) is 13.8. The third-order valence-electron chi connectivity index (χ3n) is 4.58. The number of hydrogen-bond donors (Lipinski definition) is 1. The molecule has 0 aliphatic carbocycles. The second-order valence-electron chi connectivity index (χ2n) is 6.32. The van der Waals surface area contributed by atoms with Crippen LogP contribution in [0, 0.1) is 11.6 Å². The van der Waals surface area contributed by atoms with Crippen LogP contribution in [-0.4, -0.2) is 16.3 Å². The van der Waals surface area contributed by atoms with E-state index in [4.69, 9.17) is 5.10 Å². The predicted molar refractivity (Wildman–Crippen MR) is 94.2 cm³/mol. The summed E-state index contributed by atoms with van der Waals surface area (Å²) < 4.78 is 29.1.